The van der Waals surface area contributed by atoms with E-state index in [0.29, 0.717) is 0 Å². The Morgan fingerprint density at radius 3 is 2.53 bits per heavy atom. The maximum Gasteiger partial charge on any atom is 0.310 e. The molecule has 82 valence electrons. The van der Waals surface area contributed by atoms with Crippen LogP contribution in [0.2, 0.25) is 0 Å². The summed E-state index contributed by atoms with van der Waals surface area (Å²) in [6.07, 6.45) is 0. The standard InChI is InChI=1S/C9H7BrF2O3/c1-3(9(14)15)6-7(12)4(10)2-5(11)8(6)13/h2-3,13H,1H3,(H,14,15). The minimum Gasteiger partial charge on any atom is -0.505 e. The van der Waals surface area contributed by atoms with Crippen molar-refractivity contribution in [3.8, 4) is 5.75 Å². The molecule has 1 aromatic carbocycles. The molecule has 0 aliphatic rings. The normalized spacial score (nSPS) is 12.5. The van der Waals surface area contributed by atoms with Crippen molar-refractivity contribution in [1.82, 2.24) is 0 Å². The van der Waals surface area contributed by atoms with E-state index in [4.69, 9.17) is 5.11 Å². The third-order valence-electron chi connectivity index (χ3n) is 1.98. The summed E-state index contributed by atoms with van der Waals surface area (Å²) in [7, 11) is 0. The monoisotopic (exact) mass is 280 g/mol. The smallest absolute Gasteiger partial charge is 0.310 e. The summed E-state index contributed by atoms with van der Waals surface area (Å²) < 4.78 is 26.2. The Balaban J connectivity index is 3.45. The molecule has 6 heteroatoms. The Morgan fingerprint density at radius 2 is 2.07 bits per heavy atom. The number of carbonyl (C=O) groups is 1. The molecule has 2 N–H and O–H groups in total. The van der Waals surface area contributed by atoms with Crippen LogP contribution in [0.15, 0.2) is 10.5 Å². The molecule has 0 aliphatic heterocycles. The number of phenols is 1. The third-order valence-corrected chi connectivity index (χ3v) is 2.56. The second kappa shape index (κ2) is 4.14. The average molecular weight is 281 g/mol. The lowest BCUT2D eigenvalue weighted by molar-refractivity contribution is -0.138. The predicted octanol–water partition coefficient (Wildman–Crippen LogP) is 2.62. The fraction of sp³-hybridized carbons (Fsp3) is 0.222. The van der Waals surface area contributed by atoms with E-state index in [2.05, 4.69) is 15.9 Å². The van der Waals surface area contributed by atoms with Gasteiger partial charge in [-0.15, -0.1) is 0 Å². The van der Waals surface area contributed by atoms with Crippen molar-refractivity contribution in [3.05, 3.63) is 27.7 Å². The second-order valence-electron chi connectivity index (χ2n) is 2.98. The van der Waals surface area contributed by atoms with Gasteiger partial charge in [0.25, 0.3) is 0 Å². The fourth-order valence-corrected chi connectivity index (χ4v) is 1.54. The second-order valence-corrected chi connectivity index (χ2v) is 3.83. The summed E-state index contributed by atoms with van der Waals surface area (Å²) in [5, 5.41) is 17.9. The fourth-order valence-electron chi connectivity index (χ4n) is 1.12. The Labute approximate surface area is 92.5 Å². The van der Waals surface area contributed by atoms with Crippen molar-refractivity contribution < 1.29 is 23.8 Å². The highest BCUT2D eigenvalue weighted by molar-refractivity contribution is 9.10. The molecule has 0 saturated heterocycles. The van der Waals surface area contributed by atoms with Gasteiger partial charge >= 0.3 is 5.97 Å². The van der Waals surface area contributed by atoms with E-state index in [1.807, 2.05) is 0 Å². The molecule has 1 rings (SSSR count). The zero-order chi connectivity index (χ0) is 11.7. The van der Waals surface area contributed by atoms with Crippen LogP contribution < -0.4 is 0 Å². The molecule has 1 aromatic rings. The first kappa shape index (κ1) is 11.9. The van der Waals surface area contributed by atoms with Gasteiger partial charge in [0.15, 0.2) is 11.6 Å². The van der Waals surface area contributed by atoms with Gasteiger partial charge < -0.3 is 10.2 Å². The first-order chi connectivity index (χ1) is 6.86. The molecular formula is C9H7BrF2O3. The van der Waals surface area contributed by atoms with E-state index in [0.717, 1.165) is 13.0 Å². The molecule has 0 aliphatic carbocycles. The molecule has 1 atom stereocenters. The lowest BCUT2D eigenvalue weighted by Crippen LogP contribution is -2.10. The Bertz CT molecular complexity index is 394. The van der Waals surface area contributed by atoms with Crippen LogP contribution in [0.3, 0.4) is 0 Å². The van der Waals surface area contributed by atoms with Crippen LogP contribution in [-0.2, 0) is 4.79 Å². The van der Waals surface area contributed by atoms with Crippen molar-refractivity contribution in [2.75, 3.05) is 0 Å². The first-order valence-corrected chi connectivity index (χ1v) is 4.74. The van der Waals surface area contributed by atoms with Crippen LogP contribution in [0.5, 0.6) is 5.75 Å². The van der Waals surface area contributed by atoms with Gasteiger partial charge in [-0.05, 0) is 28.9 Å². The van der Waals surface area contributed by atoms with E-state index in [-0.39, 0.29) is 4.47 Å². The number of rotatable bonds is 2. The summed E-state index contributed by atoms with van der Waals surface area (Å²) in [4.78, 5) is 10.6. The highest BCUT2D eigenvalue weighted by Gasteiger charge is 2.26. The lowest BCUT2D eigenvalue weighted by atomic mass is 9.99. The summed E-state index contributed by atoms with van der Waals surface area (Å²) in [6, 6.07) is 0.739. The first-order valence-electron chi connectivity index (χ1n) is 3.95. The molecule has 0 bridgehead atoms. The molecule has 0 spiro atoms. The molecule has 0 aromatic heterocycles. The molecule has 1 unspecified atom stereocenters. The highest BCUT2D eigenvalue weighted by Crippen LogP contribution is 2.35. The van der Waals surface area contributed by atoms with Crippen LogP contribution in [0.25, 0.3) is 0 Å². The minimum atomic E-state index is -1.35. The van der Waals surface area contributed by atoms with E-state index < -0.39 is 34.8 Å². The summed E-state index contributed by atoms with van der Waals surface area (Å²) >= 11 is 2.73. The quantitative estimate of drug-likeness (QED) is 0.819. The van der Waals surface area contributed by atoms with Gasteiger partial charge in [0.05, 0.1) is 10.4 Å². The number of phenolic OH excluding ortho intramolecular Hbond substituents is 1. The number of hydrogen-bond acceptors (Lipinski definition) is 2. The Kier molecular flexibility index (Phi) is 3.28. The van der Waals surface area contributed by atoms with E-state index >= 15 is 0 Å². The minimum absolute atomic E-state index is 0.221. The number of halogens is 3. The van der Waals surface area contributed by atoms with Gasteiger partial charge in [-0.25, -0.2) is 8.78 Å². The molecule has 15 heavy (non-hydrogen) atoms. The summed E-state index contributed by atoms with van der Waals surface area (Å²) in [6.45, 7) is 1.16. The zero-order valence-corrected chi connectivity index (χ0v) is 9.18. The average Bonchev–Trinajstić information content (AvgIpc) is 2.15. The molecule has 3 nitrogen and oxygen atoms in total. The molecular weight excluding hydrogens is 274 g/mol. The lowest BCUT2D eigenvalue weighted by Gasteiger charge is -2.11. The maximum absolute atomic E-state index is 13.4. The van der Waals surface area contributed by atoms with Crippen molar-refractivity contribution in [1.29, 1.82) is 0 Å². The molecule has 0 amide bonds. The number of carboxylic acid groups (broad SMARTS) is 1. The SMILES string of the molecule is CC(C(=O)O)c1c(O)c(F)cc(Br)c1F. The van der Waals surface area contributed by atoms with Crippen molar-refractivity contribution in [2.24, 2.45) is 0 Å². The molecule has 0 heterocycles. The van der Waals surface area contributed by atoms with Gasteiger partial charge in [-0.3, -0.25) is 4.79 Å². The van der Waals surface area contributed by atoms with Gasteiger partial charge in [0.1, 0.15) is 5.82 Å². The molecule has 0 fully saturated rings. The van der Waals surface area contributed by atoms with Crippen LogP contribution in [0, 0.1) is 11.6 Å². The van der Waals surface area contributed by atoms with Gasteiger partial charge in [0.2, 0.25) is 0 Å². The van der Waals surface area contributed by atoms with E-state index in [1.165, 1.54) is 0 Å². The number of aliphatic carboxylic acids is 1. The molecule has 0 saturated carbocycles. The van der Waals surface area contributed by atoms with Crippen molar-refractivity contribution in [2.45, 2.75) is 12.8 Å². The Morgan fingerprint density at radius 1 is 1.53 bits per heavy atom. The van der Waals surface area contributed by atoms with Crippen LogP contribution in [-0.4, -0.2) is 16.2 Å². The number of hydrogen-bond donors (Lipinski definition) is 2. The highest BCUT2D eigenvalue weighted by atomic mass is 79.9. The van der Waals surface area contributed by atoms with E-state index in [1.54, 1.807) is 0 Å². The number of aromatic hydroxyl groups is 1. The zero-order valence-electron chi connectivity index (χ0n) is 7.59. The van der Waals surface area contributed by atoms with Gasteiger partial charge in [-0.1, -0.05) is 0 Å². The third kappa shape index (κ3) is 2.09. The van der Waals surface area contributed by atoms with Crippen LogP contribution in [0.1, 0.15) is 18.4 Å². The number of benzene rings is 1. The van der Waals surface area contributed by atoms with Crippen molar-refractivity contribution in [3.63, 3.8) is 0 Å². The van der Waals surface area contributed by atoms with E-state index in [9.17, 15) is 18.7 Å². The summed E-state index contributed by atoms with van der Waals surface area (Å²) in [5.41, 5.74) is -0.561. The predicted molar refractivity (Wildman–Crippen MR) is 51.8 cm³/mol. The largest absolute Gasteiger partial charge is 0.505 e. The Hall–Kier alpha value is -1.17. The topological polar surface area (TPSA) is 57.5 Å². The van der Waals surface area contributed by atoms with Gasteiger partial charge in [0, 0.05) is 5.56 Å². The summed E-state index contributed by atoms with van der Waals surface area (Å²) in [5.74, 6) is -5.67. The maximum atomic E-state index is 13.4. The molecule has 0 radical (unpaired) electrons. The van der Waals surface area contributed by atoms with Crippen LogP contribution in [0.4, 0.5) is 8.78 Å². The van der Waals surface area contributed by atoms with Crippen molar-refractivity contribution >= 4 is 21.9 Å². The van der Waals surface area contributed by atoms with Gasteiger partial charge in [-0.2, -0.15) is 0 Å². The van der Waals surface area contributed by atoms with Crippen LogP contribution >= 0.6 is 15.9 Å². The number of carboxylic acids is 1.